The van der Waals surface area contributed by atoms with Crippen molar-refractivity contribution in [2.24, 2.45) is 0 Å². The predicted octanol–water partition coefficient (Wildman–Crippen LogP) is 0.453. The summed E-state index contributed by atoms with van der Waals surface area (Å²) in [4.78, 5) is 14.2. The zero-order valence-electron chi connectivity index (χ0n) is 7.23. The highest BCUT2D eigenvalue weighted by Gasteiger charge is 1.99. The average Bonchev–Trinajstić information content (AvgIpc) is 2.16. The van der Waals surface area contributed by atoms with Crippen LogP contribution in [0.2, 0.25) is 0 Å². The zero-order valence-corrected chi connectivity index (χ0v) is 8.04. The fourth-order valence-electron chi connectivity index (χ4n) is 0.753. The van der Waals surface area contributed by atoms with Crippen molar-refractivity contribution >= 4 is 29.1 Å². The van der Waals surface area contributed by atoms with Gasteiger partial charge in [-0.25, -0.2) is 4.98 Å². The minimum atomic E-state index is -0.963. The Morgan fingerprint density at radius 1 is 1.57 bits per heavy atom. The van der Waals surface area contributed by atoms with Gasteiger partial charge in [0.25, 0.3) is 0 Å². The van der Waals surface area contributed by atoms with E-state index in [0.29, 0.717) is 5.82 Å². The lowest BCUT2D eigenvalue weighted by Crippen LogP contribution is -2.33. The van der Waals surface area contributed by atoms with Crippen LogP contribution < -0.4 is 10.6 Å². The van der Waals surface area contributed by atoms with Crippen LogP contribution in [-0.4, -0.2) is 27.7 Å². The summed E-state index contributed by atoms with van der Waals surface area (Å²) in [6.45, 7) is -0.210. The molecule has 0 aliphatic heterocycles. The molecule has 0 aliphatic carbocycles. The number of carbonyl (C=O) groups is 1. The molecule has 1 rings (SSSR count). The van der Waals surface area contributed by atoms with E-state index >= 15 is 0 Å². The Kier molecular flexibility index (Phi) is 3.81. The van der Waals surface area contributed by atoms with E-state index in [1.807, 2.05) is 0 Å². The third-order valence-electron chi connectivity index (χ3n) is 1.31. The molecule has 0 unspecified atom stereocenters. The van der Waals surface area contributed by atoms with Gasteiger partial charge in [0, 0.05) is 6.20 Å². The molecule has 1 heterocycles. The molecule has 14 heavy (non-hydrogen) atoms. The molecule has 0 atom stereocenters. The Hall–Kier alpha value is -1.69. The molecule has 0 amide bonds. The molecule has 1 aromatic heterocycles. The first-order valence-electron chi connectivity index (χ1n) is 3.86. The maximum atomic E-state index is 10.2. The van der Waals surface area contributed by atoms with Crippen molar-refractivity contribution in [2.45, 2.75) is 0 Å². The summed E-state index contributed by atoms with van der Waals surface area (Å²) in [5.74, 6) is -0.384. The number of nitrogens with zero attached hydrogens (tertiary/aromatic N) is 1. The molecule has 74 valence electrons. The van der Waals surface area contributed by atoms with E-state index in [2.05, 4.69) is 15.6 Å². The van der Waals surface area contributed by atoms with Crippen LogP contribution in [-0.2, 0) is 4.79 Å². The summed E-state index contributed by atoms with van der Waals surface area (Å²) < 4.78 is 0. The molecular weight excluding hydrogens is 202 g/mol. The van der Waals surface area contributed by atoms with Crippen LogP contribution in [0.4, 0.5) is 5.82 Å². The fraction of sp³-hybridized carbons (Fsp3) is 0.125. The molecule has 0 spiro atoms. The number of nitrogens with one attached hydrogen (secondary N) is 2. The maximum Gasteiger partial charge on any atom is 0.322 e. The summed E-state index contributed by atoms with van der Waals surface area (Å²) in [5, 5.41) is 13.9. The number of aliphatic carboxylic acids is 1. The van der Waals surface area contributed by atoms with E-state index in [0.717, 1.165) is 0 Å². The molecule has 0 saturated carbocycles. The minimum Gasteiger partial charge on any atom is -0.480 e. The number of carboxylic acid groups (broad SMARTS) is 1. The predicted molar refractivity (Wildman–Crippen MR) is 56.1 cm³/mol. The molecule has 0 radical (unpaired) electrons. The van der Waals surface area contributed by atoms with E-state index in [9.17, 15) is 4.79 Å². The van der Waals surface area contributed by atoms with Gasteiger partial charge < -0.3 is 15.7 Å². The number of aromatic nitrogens is 1. The Balaban J connectivity index is 2.38. The smallest absolute Gasteiger partial charge is 0.322 e. The highest BCUT2D eigenvalue weighted by molar-refractivity contribution is 7.80. The van der Waals surface area contributed by atoms with Crippen molar-refractivity contribution < 1.29 is 9.90 Å². The van der Waals surface area contributed by atoms with Crippen molar-refractivity contribution in [3.8, 4) is 0 Å². The molecule has 0 saturated heterocycles. The standard InChI is InChI=1S/C8H9N3O2S/c12-7(13)5-10-8(14)11-6-3-1-2-4-9-6/h1-4H,5H2,(H,12,13)(H2,9,10,11,14). The molecule has 0 aromatic carbocycles. The molecule has 3 N–H and O–H groups in total. The van der Waals surface area contributed by atoms with Crippen LogP contribution in [0.25, 0.3) is 0 Å². The highest BCUT2D eigenvalue weighted by atomic mass is 32.1. The highest BCUT2D eigenvalue weighted by Crippen LogP contribution is 1.98. The van der Waals surface area contributed by atoms with Gasteiger partial charge in [-0.05, 0) is 24.4 Å². The number of thiocarbonyl (C=S) groups is 1. The maximum absolute atomic E-state index is 10.2. The third kappa shape index (κ3) is 3.81. The number of carboxylic acids is 1. The van der Waals surface area contributed by atoms with Gasteiger partial charge in [0.15, 0.2) is 5.11 Å². The molecule has 0 fully saturated rings. The van der Waals surface area contributed by atoms with Gasteiger partial charge in [-0.1, -0.05) is 6.07 Å². The van der Waals surface area contributed by atoms with Gasteiger partial charge in [-0.2, -0.15) is 0 Å². The number of pyridine rings is 1. The van der Waals surface area contributed by atoms with Crippen LogP contribution in [0.1, 0.15) is 0 Å². The lowest BCUT2D eigenvalue weighted by atomic mass is 10.5. The number of hydrogen-bond donors (Lipinski definition) is 3. The molecule has 5 nitrogen and oxygen atoms in total. The van der Waals surface area contributed by atoms with Crippen LogP contribution in [0.3, 0.4) is 0 Å². The number of anilines is 1. The largest absolute Gasteiger partial charge is 0.480 e. The zero-order chi connectivity index (χ0) is 10.4. The Labute approximate surface area is 86.2 Å². The van der Waals surface area contributed by atoms with Gasteiger partial charge in [0.2, 0.25) is 0 Å². The van der Waals surface area contributed by atoms with E-state index in [1.165, 1.54) is 0 Å². The monoisotopic (exact) mass is 211 g/mol. The Morgan fingerprint density at radius 2 is 2.36 bits per heavy atom. The number of hydrogen-bond acceptors (Lipinski definition) is 3. The molecular formula is C8H9N3O2S. The summed E-state index contributed by atoms with van der Waals surface area (Å²) in [7, 11) is 0. The van der Waals surface area contributed by atoms with Gasteiger partial charge in [-0.3, -0.25) is 4.79 Å². The van der Waals surface area contributed by atoms with Crippen LogP contribution >= 0.6 is 12.2 Å². The van der Waals surface area contributed by atoms with Crippen molar-refractivity contribution in [3.63, 3.8) is 0 Å². The quantitative estimate of drug-likeness (QED) is 0.630. The van der Waals surface area contributed by atoms with Crippen molar-refractivity contribution in [3.05, 3.63) is 24.4 Å². The molecule has 0 bridgehead atoms. The molecule has 0 aliphatic rings. The van der Waals surface area contributed by atoms with E-state index in [4.69, 9.17) is 17.3 Å². The molecule has 6 heteroatoms. The minimum absolute atomic E-state index is 0.210. The van der Waals surface area contributed by atoms with Crippen molar-refractivity contribution in [1.29, 1.82) is 0 Å². The topological polar surface area (TPSA) is 74.2 Å². The normalized spacial score (nSPS) is 9.14. The third-order valence-corrected chi connectivity index (χ3v) is 1.55. The fourth-order valence-corrected chi connectivity index (χ4v) is 0.930. The Bertz CT molecular complexity index is 329. The number of rotatable bonds is 3. The van der Waals surface area contributed by atoms with Crippen LogP contribution in [0.15, 0.2) is 24.4 Å². The first-order chi connectivity index (χ1) is 6.68. The van der Waals surface area contributed by atoms with Crippen molar-refractivity contribution in [1.82, 2.24) is 10.3 Å². The summed E-state index contributed by atoms with van der Waals surface area (Å²) in [5.41, 5.74) is 0. The van der Waals surface area contributed by atoms with E-state index in [1.54, 1.807) is 24.4 Å². The average molecular weight is 211 g/mol. The first-order valence-corrected chi connectivity index (χ1v) is 4.27. The Morgan fingerprint density at radius 3 is 2.93 bits per heavy atom. The van der Waals surface area contributed by atoms with Gasteiger partial charge in [0.05, 0.1) is 0 Å². The summed E-state index contributed by atoms with van der Waals surface area (Å²) >= 11 is 4.83. The van der Waals surface area contributed by atoms with Crippen LogP contribution in [0, 0.1) is 0 Å². The summed E-state index contributed by atoms with van der Waals surface area (Å²) in [6.07, 6.45) is 1.61. The van der Waals surface area contributed by atoms with Gasteiger partial charge in [0.1, 0.15) is 12.4 Å². The van der Waals surface area contributed by atoms with Crippen molar-refractivity contribution in [2.75, 3.05) is 11.9 Å². The second-order valence-corrected chi connectivity index (χ2v) is 2.82. The lowest BCUT2D eigenvalue weighted by Gasteiger charge is -2.06. The summed E-state index contributed by atoms with van der Waals surface area (Å²) in [6, 6.07) is 5.31. The van der Waals surface area contributed by atoms with E-state index in [-0.39, 0.29) is 11.7 Å². The second-order valence-electron chi connectivity index (χ2n) is 2.42. The van der Waals surface area contributed by atoms with E-state index < -0.39 is 5.97 Å². The SMILES string of the molecule is O=C(O)CNC(=S)Nc1ccccn1. The van der Waals surface area contributed by atoms with Gasteiger partial charge >= 0.3 is 5.97 Å². The first kappa shape index (κ1) is 10.4. The van der Waals surface area contributed by atoms with Gasteiger partial charge in [-0.15, -0.1) is 0 Å². The van der Waals surface area contributed by atoms with Crippen LogP contribution in [0.5, 0.6) is 0 Å². The lowest BCUT2D eigenvalue weighted by molar-refractivity contribution is -0.135. The molecule has 1 aromatic rings. The second kappa shape index (κ2) is 5.13.